The summed E-state index contributed by atoms with van der Waals surface area (Å²) in [4.78, 5) is 38.9. The van der Waals surface area contributed by atoms with E-state index in [1.165, 1.54) is 4.57 Å². The monoisotopic (exact) mass is 428 g/mol. The van der Waals surface area contributed by atoms with Crippen LogP contribution in [0.5, 0.6) is 0 Å². The fourth-order valence-electron chi connectivity index (χ4n) is 3.74. The Kier molecular flexibility index (Phi) is 5.63. The predicted molar refractivity (Wildman–Crippen MR) is 113 cm³/mol. The van der Waals surface area contributed by atoms with Crippen LogP contribution in [-0.4, -0.2) is 29.1 Å². The van der Waals surface area contributed by atoms with Gasteiger partial charge in [-0.25, -0.2) is 4.79 Å². The van der Waals surface area contributed by atoms with Gasteiger partial charge in [-0.15, -0.1) is 0 Å². The van der Waals surface area contributed by atoms with Gasteiger partial charge < -0.3 is 14.1 Å². The van der Waals surface area contributed by atoms with E-state index in [9.17, 15) is 14.4 Å². The molecule has 0 fully saturated rings. The quantitative estimate of drug-likeness (QED) is 0.580. The number of carbonyl (C=O) groups is 2. The van der Waals surface area contributed by atoms with E-state index in [0.29, 0.717) is 22.7 Å². The summed E-state index contributed by atoms with van der Waals surface area (Å²) >= 11 is 5.91. The third-order valence-electron chi connectivity index (χ3n) is 5.20. The molecule has 1 aliphatic rings. The zero-order valence-corrected chi connectivity index (χ0v) is 17.2. The lowest BCUT2D eigenvalue weighted by Crippen LogP contribution is -2.42. The first kappa shape index (κ1) is 20.2. The molecule has 3 aromatic rings. The van der Waals surface area contributed by atoms with E-state index >= 15 is 0 Å². The van der Waals surface area contributed by atoms with Gasteiger partial charge in [0.15, 0.2) is 11.7 Å². The lowest BCUT2D eigenvalue weighted by molar-refractivity contribution is -0.154. The van der Waals surface area contributed by atoms with E-state index < -0.39 is 17.8 Å². The van der Waals surface area contributed by atoms with Crippen LogP contribution in [0.1, 0.15) is 25.3 Å². The Bertz CT molecular complexity index is 1170. The number of amides is 1. The SMILES string of the molecule is C[C@@H](OC(=O)CCn1c(=O)oc2cc(Cl)ccc21)C(=O)N1CCCc2ccccc21. The Balaban J connectivity index is 1.40. The standard InChI is InChI=1S/C22H21ClN2O5/c1-14(21(27)24-11-4-6-15-5-2-3-7-17(15)24)29-20(26)10-12-25-18-9-8-16(23)13-19(18)30-22(25)28/h2-3,5,7-9,13-14H,4,6,10-12H2,1H3/t14-/m1/s1. The molecule has 4 rings (SSSR count). The molecule has 30 heavy (non-hydrogen) atoms. The van der Waals surface area contributed by atoms with Crippen LogP contribution in [0, 0.1) is 0 Å². The highest BCUT2D eigenvalue weighted by Gasteiger charge is 2.28. The molecule has 2 heterocycles. The van der Waals surface area contributed by atoms with Gasteiger partial charge in [-0.1, -0.05) is 29.8 Å². The van der Waals surface area contributed by atoms with Crippen LogP contribution in [0.15, 0.2) is 51.7 Å². The number of rotatable bonds is 5. The summed E-state index contributed by atoms with van der Waals surface area (Å²) in [5, 5.41) is 0.453. The number of benzene rings is 2. The second kappa shape index (κ2) is 8.36. The molecule has 0 aliphatic carbocycles. The van der Waals surface area contributed by atoms with Crippen LogP contribution in [-0.2, 0) is 27.3 Å². The maximum absolute atomic E-state index is 12.9. The lowest BCUT2D eigenvalue weighted by Gasteiger charge is -2.31. The Morgan fingerprint density at radius 3 is 2.87 bits per heavy atom. The van der Waals surface area contributed by atoms with Crippen LogP contribution >= 0.6 is 11.6 Å². The number of hydrogen-bond acceptors (Lipinski definition) is 5. The summed E-state index contributed by atoms with van der Waals surface area (Å²) in [5.74, 6) is -1.39. The van der Waals surface area contributed by atoms with Crippen molar-refractivity contribution in [2.45, 2.75) is 38.8 Å². The van der Waals surface area contributed by atoms with Gasteiger partial charge in [-0.2, -0.15) is 0 Å². The van der Waals surface area contributed by atoms with Gasteiger partial charge in [-0.3, -0.25) is 14.2 Å². The molecule has 156 valence electrons. The zero-order valence-electron chi connectivity index (χ0n) is 16.5. The third kappa shape index (κ3) is 3.98. The summed E-state index contributed by atoms with van der Waals surface area (Å²) in [6.45, 7) is 2.25. The normalized spacial score (nSPS) is 14.4. The first-order valence-electron chi connectivity index (χ1n) is 9.81. The zero-order chi connectivity index (χ0) is 21.3. The summed E-state index contributed by atoms with van der Waals surface area (Å²) in [6, 6.07) is 12.6. The van der Waals surface area contributed by atoms with Crippen LogP contribution < -0.4 is 10.7 Å². The molecule has 0 spiro atoms. The minimum Gasteiger partial charge on any atom is -0.452 e. The van der Waals surface area contributed by atoms with Crippen molar-refractivity contribution in [3.8, 4) is 0 Å². The number of hydrogen-bond donors (Lipinski definition) is 0. The van der Waals surface area contributed by atoms with E-state index in [0.717, 1.165) is 24.1 Å². The van der Waals surface area contributed by atoms with Crippen molar-refractivity contribution in [3.63, 3.8) is 0 Å². The van der Waals surface area contributed by atoms with Crippen molar-refractivity contribution in [2.75, 3.05) is 11.4 Å². The molecule has 0 radical (unpaired) electrons. The smallest absolute Gasteiger partial charge is 0.419 e. The van der Waals surface area contributed by atoms with Crippen molar-refractivity contribution in [3.05, 3.63) is 63.6 Å². The Labute approximate surface area is 177 Å². The summed E-state index contributed by atoms with van der Waals surface area (Å²) in [6.07, 6.45) is 0.808. The van der Waals surface area contributed by atoms with Crippen molar-refractivity contribution in [1.29, 1.82) is 0 Å². The molecule has 0 saturated heterocycles. The maximum Gasteiger partial charge on any atom is 0.419 e. The van der Waals surface area contributed by atoms with Crippen molar-refractivity contribution in [2.24, 2.45) is 0 Å². The number of ether oxygens (including phenoxy) is 1. The van der Waals surface area contributed by atoms with Crippen molar-refractivity contribution >= 4 is 40.3 Å². The number of oxazole rings is 1. The fraction of sp³-hybridized carbons (Fsp3) is 0.318. The average Bonchev–Trinajstić information content (AvgIpc) is 3.05. The number of aryl methyl sites for hydroxylation is 2. The van der Waals surface area contributed by atoms with E-state index in [2.05, 4.69) is 0 Å². The van der Waals surface area contributed by atoms with E-state index in [1.54, 1.807) is 30.0 Å². The number of carbonyl (C=O) groups excluding carboxylic acids is 2. The highest BCUT2D eigenvalue weighted by Crippen LogP contribution is 2.27. The molecule has 1 amide bonds. The largest absolute Gasteiger partial charge is 0.452 e. The van der Waals surface area contributed by atoms with E-state index in [1.807, 2.05) is 24.3 Å². The van der Waals surface area contributed by atoms with Gasteiger partial charge in [0.2, 0.25) is 0 Å². The molecule has 0 N–H and O–H groups in total. The Morgan fingerprint density at radius 2 is 2.03 bits per heavy atom. The van der Waals surface area contributed by atoms with Crippen LogP contribution in [0.4, 0.5) is 5.69 Å². The van der Waals surface area contributed by atoms with Gasteiger partial charge in [0.05, 0.1) is 11.9 Å². The summed E-state index contributed by atoms with van der Waals surface area (Å²) in [5.41, 5.74) is 2.88. The molecule has 1 aliphatic heterocycles. The predicted octanol–water partition coefficient (Wildman–Crippen LogP) is 3.55. The first-order valence-corrected chi connectivity index (χ1v) is 10.2. The average molecular weight is 429 g/mol. The molecule has 0 saturated carbocycles. The molecule has 7 nitrogen and oxygen atoms in total. The number of para-hydroxylation sites is 1. The molecule has 2 aromatic carbocycles. The first-order chi connectivity index (χ1) is 14.4. The number of fused-ring (bicyclic) bond motifs is 2. The second-order valence-electron chi connectivity index (χ2n) is 7.24. The van der Waals surface area contributed by atoms with Crippen LogP contribution in [0.2, 0.25) is 5.02 Å². The Hall–Kier alpha value is -3.06. The molecule has 1 aromatic heterocycles. The lowest BCUT2D eigenvalue weighted by atomic mass is 10.0. The minimum absolute atomic E-state index is 0.0641. The number of esters is 1. The van der Waals surface area contributed by atoms with Gasteiger partial charge in [0.1, 0.15) is 0 Å². The summed E-state index contributed by atoms with van der Waals surface area (Å²) in [7, 11) is 0. The molecule has 8 heteroatoms. The topological polar surface area (TPSA) is 81.7 Å². The molecule has 0 unspecified atom stereocenters. The molecular formula is C22H21ClN2O5. The van der Waals surface area contributed by atoms with Gasteiger partial charge >= 0.3 is 11.7 Å². The fourth-order valence-corrected chi connectivity index (χ4v) is 3.91. The second-order valence-corrected chi connectivity index (χ2v) is 7.67. The maximum atomic E-state index is 12.9. The summed E-state index contributed by atoms with van der Waals surface area (Å²) < 4.78 is 11.9. The molecule has 0 bridgehead atoms. The highest BCUT2D eigenvalue weighted by molar-refractivity contribution is 6.31. The molecular weight excluding hydrogens is 408 g/mol. The number of halogens is 1. The number of nitrogens with zero attached hydrogens (tertiary/aromatic N) is 2. The van der Waals surface area contributed by atoms with E-state index in [-0.39, 0.29) is 18.9 Å². The highest BCUT2D eigenvalue weighted by atomic mass is 35.5. The van der Waals surface area contributed by atoms with Crippen LogP contribution in [0.25, 0.3) is 11.1 Å². The molecule has 1 atom stereocenters. The minimum atomic E-state index is -0.916. The van der Waals surface area contributed by atoms with Gasteiger partial charge in [0, 0.05) is 29.9 Å². The van der Waals surface area contributed by atoms with Crippen molar-refractivity contribution in [1.82, 2.24) is 4.57 Å². The van der Waals surface area contributed by atoms with Gasteiger partial charge in [0.25, 0.3) is 5.91 Å². The van der Waals surface area contributed by atoms with Crippen LogP contribution in [0.3, 0.4) is 0 Å². The number of anilines is 1. The van der Waals surface area contributed by atoms with Gasteiger partial charge in [-0.05, 0) is 43.5 Å². The Morgan fingerprint density at radius 1 is 1.23 bits per heavy atom. The third-order valence-corrected chi connectivity index (χ3v) is 5.44. The van der Waals surface area contributed by atoms with E-state index in [4.69, 9.17) is 20.8 Å². The number of aromatic nitrogens is 1. The van der Waals surface area contributed by atoms with Crippen molar-refractivity contribution < 1.29 is 18.7 Å².